The molecule has 0 aromatic carbocycles. The molecule has 0 fully saturated rings. The zero-order valence-corrected chi connectivity index (χ0v) is 10.8. The van der Waals surface area contributed by atoms with E-state index >= 15 is 0 Å². The Labute approximate surface area is 106 Å². The first-order valence-corrected chi connectivity index (χ1v) is 5.63. The van der Waals surface area contributed by atoms with Crippen LogP contribution in [0.4, 0.5) is 4.79 Å². The van der Waals surface area contributed by atoms with Crippen molar-refractivity contribution in [2.75, 3.05) is 13.7 Å². The van der Waals surface area contributed by atoms with E-state index < -0.39 is 12.1 Å². The number of nitrogens with one attached hydrogen (secondary N) is 2. The van der Waals surface area contributed by atoms with Gasteiger partial charge in [0.05, 0.1) is 7.11 Å². The van der Waals surface area contributed by atoms with Gasteiger partial charge in [0, 0.05) is 32.4 Å². The molecule has 0 aliphatic rings. The van der Waals surface area contributed by atoms with Crippen LogP contribution in [0.15, 0.2) is 12.4 Å². The second-order valence-electron chi connectivity index (χ2n) is 3.85. The number of carbonyl (C=O) groups excluding carboxylic acids is 2. The van der Waals surface area contributed by atoms with Gasteiger partial charge in [0.15, 0.2) is 0 Å². The van der Waals surface area contributed by atoms with Gasteiger partial charge in [-0.1, -0.05) is 0 Å². The SMILES string of the molecule is COC(=O)N[C@@H](C)C(=O)NCCc1nccn1C. The van der Waals surface area contributed by atoms with Gasteiger partial charge in [0.2, 0.25) is 5.91 Å². The van der Waals surface area contributed by atoms with Crippen molar-refractivity contribution in [1.29, 1.82) is 0 Å². The number of carbonyl (C=O) groups is 2. The van der Waals surface area contributed by atoms with E-state index in [-0.39, 0.29) is 5.91 Å². The second kappa shape index (κ2) is 6.63. The van der Waals surface area contributed by atoms with Crippen LogP contribution in [-0.4, -0.2) is 41.2 Å². The third-order valence-corrected chi connectivity index (χ3v) is 2.48. The predicted octanol–water partition coefficient (Wildman–Crippen LogP) is -0.177. The smallest absolute Gasteiger partial charge is 0.407 e. The Hall–Kier alpha value is -2.05. The van der Waals surface area contributed by atoms with Crippen LogP contribution in [0.5, 0.6) is 0 Å². The molecule has 0 spiro atoms. The van der Waals surface area contributed by atoms with Crippen molar-refractivity contribution in [3.63, 3.8) is 0 Å². The van der Waals surface area contributed by atoms with Crippen LogP contribution >= 0.6 is 0 Å². The minimum Gasteiger partial charge on any atom is -0.453 e. The van der Waals surface area contributed by atoms with Gasteiger partial charge >= 0.3 is 6.09 Å². The maximum atomic E-state index is 11.6. The van der Waals surface area contributed by atoms with Gasteiger partial charge in [-0.05, 0) is 6.92 Å². The van der Waals surface area contributed by atoms with E-state index in [1.165, 1.54) is 7.11 Å². The Morgan fingerprint density at radius 2 is 2.28 bits per heavy atom. The summed E-state index contributed by atoms with van der Waals surface area (Å²) in [6.07, 6.45) is 3.57. The van der Waals surface area contributed by atoms with E-state index in [9.17, 15) is 9.59 Å². The summed E-state index contributed by atoms with van der Waals surface area (Å²) in [6.45, 7) is 2.06. The molecule has 100 valence electrons. The fourth-order valence-electron chi connectivity index (χ4n) is 1.39. The topological polar surface area (TPSA) is 85.2 Å². The van der Waals surface area contributed by atoms with Crippen LogP contribution in [-0.2, 0) is 23.0 Å². The van der Waals surface area contributed by atoms with Crippen LogP contribution in [0.25, 0.3) is 0 Å². The van der Waals surface area contributed by atoms with Crippen LogP contribution in [0, 0.1) is 0 Å². The van der Waals surface area contributed by atoms with Gasteiger partial charge in [0.1, 0.15) is 11.9 Å². The molecule has 1 atom stereocenters. The summed E-state index contributed by atoms with van der Waals surface area (Å²) >= 11 is 0. The molecule has 0 saturated carbocycles. The number of aryl methyl sites for hydroxylation is 1. The van der Waals surface area contributed by atoms with Crippen molar-refractivity contribution in [3.8, 4) is 0 Å². The lowest BCUT2D eigenvalue weighted by molar-refractivity contribution is -0.122. The molecule has 1 aromatic rings. The first-order valence-electron chi connectivity index (χ1n) is 5.63. The van der Waals surface area contributed by atoms with Gasteiger partial charge in [0.25, 0.3) is 0 Å². The molecule has 1 rings (SSSR count). The molecule has 1 aromatic heterocycles. The Bertz CT molecular complexity index is 416. The quantitative estimate of drug-likeness (QED) is 0.763. The number of hydrogen-bond acceptors (Lipinski definition) is 4. The van der Waals surface area contributed by atoms with Gasteiger partial charge in [-0.3, -0.25) is 4.79 Å². The average Bonchev–Trinajstić information content (AvgIpc) is 2.74. The lowest BCUT2D eigenvalue weighted by atomic mass is 10.3. The minimum atomic E-state index is -0.626. The number of methoxy groups -OCH3 is 1. The molecule has 7 heteroatoms. The summed E-state index contributed by atoms with van der Waals surface area (Å²) in [5.74, 6) is 0.637. The largest absolute Gasteiger partial charge is 0.453 e. The van der Waals surface area contributed by atoms with E-state index in [0.29, 0.717) is 13.0 Å². The van der Waals surface area contributed by atoms with Crippen LogP contribution < -0.4 is 10.6 Å². The molecular weight excluding hydrogens is 236 g/mol. The molecule has 0 saturated heterocycles. The van der Waals surface area contributed by atoms with Crippen molar-refractivity contribution in [2.45, 2.75) is 19.4 Å². The number of imidazole rings is 1. The van der Waals surface area contributed by atoms with E-state index in [1.54, 1.807) is 13.1 Å². The summed E-state index contributed by atoms with van der Waals surface area (Å²) in [6, 6.07) is -0.626. The summed E-state index contributed by atoms with van der Waals surface area (Å²) in [5.41, 5.74) is 0. The second-order valence-corrected chi connectivity index (χ2v) is 3.85. The number of alkyl carbamates (subject to hydrolysis) is 1. The monoisotopic (exact) mass is 254 g/mol. The molecule has 0 aliphatic carbocycles. The summed E-state index contributed by atoms with van der Waals surface area (Å²) in [5, 5.41) is 5.11. The Morgan fingerprint density at radius 3 is 2.83 bits per heavy atom. The Kier molecular flexibility index (Phi) is 5.16. The van der Waals surface area contributed by atoms with E-state index in [4.69, 9.17) is 0 Å². The minimum absolute atomic E-state index is 0.255. The highest BCUT2D eigenvalue weighted by atomic mass is 16.5. The molecule has 2 N–H and O–H groups in total. The van der Waals surface area contributed by atoms with Gasteiger partial charge < -0.3 is 19.9 Å². The van der Waals surface area contributed by atoms with Crippen molar-refractivity contribution < 1.29 is 14.3 Å². The average molecular weight is 254 g/mol. The Morgan fingerprint density at radius 1 is 1.56 bits per heavy atom. The lowest BCUT2D eigenvalue weighted by Crippen LogP contribution is -2.45. The fourth-order valence-corrected chi connectivity index (χ4v) is 1.39. The molecule has 2 amide bonds. The van der Waals surface area contributed by atoms with Crippen LogP contribution in [0.2, 0.25) is 0 Å². The lowest BCUT2D eigenvalue weighted by Gasteiger charge is -2.12. The molecule has 1 heterocycles. The highest BCUT2D eigenvalue weighted by Gasteiger charge is 2.15. The first kappa shape index (κ1) is 14.0. The first-order chi connectivity index (χ1) is 8.54. The fraction of sp³-hybridized carbons (Fsp3) is 0.545. The summed E-state index contributed by atoms with van der Waals surface area (Å²) in [7, 11) is 3.15. The Balaban J connectivity index is 2.29. The highest BCUT2D eigenvalue weighted by Crippen LogP contribution is 1.94. The standard InChI is InChI=1S/C11H18N4O3/c1-8(14-11(17)18-3)10(16)13-5-4-9-12-6-7-15(9)2/h6-8H,4-5H2,1-3H3,(H,13,16)(H,14,17)/t8-/m0/s1. The normalized spacial score (nSPS) is 11.7. The zero-order valence-electron chi connectivity index (χ0n) is 10.8. The highest BCUT2D eigenvalue weighted by molar-refractivity contribution is 5.85. The van der Waals surface area contributed by atoms with Gasteiger partial charge in [-0.15, -0.1) is 0 Å². The van der Waals surface area contributed by atoms with E-state index in [1.807, 2.05) is 17.8 Å². The van der Waals surface area contributed by atoms with E-state index in [0.717, 1.165) is 5.82 Å². The van der Waals surface area contributed by atoms with Crippen molar-refractivity contribution in [1.82, 2.24) is 20.2 Å². The predicted molar refractivity (Wildman–Crippen MR) is 64.9 cm³/mol. The van der Waals surface area contributed by atoms with E-state index in [2.05, 4.69) is 20.4 Å². The van der Waals surface area contributed by atoms with Gasteiger partial charge in [-0.25, -0.2) is 9.78 Å². The number of rotatable bonds is 5. The number of hydrogen-bond donors (Lipinski definition) is 2. The number of amides is 2. The molecule has 0 radical (unpaired) electrons. The molecule has 0 unspecified atom stereocenters. The van der Waals surface area contributed by atoms with Crippen molar-refractivity contribution >= 4 is 12.0 Å². The number of ether oxygens (including phenoxy) is 1. The van der Waals surface area contributed by atoms with Gasteiger partial charge in [-0.2, -0.15) is 0 Å². The third kappa shape index (κ3) is 4.08. The molecule has 0 bridgehead atoms. The molecular formula is C11H18N4O3. The maximum Gasteiger partial charge on any atom is 0.407 e. The maximum absolute atomic E-state index is 11.6. The zero-order chi connectivity index (χ0) is 13.5. The molecule has 0 aliphatic heterocycles. The van der Waals surface area contributed by atoms with Crippen molar-refractivity contribution in [3.05, 3.63) is 18.2 Å². The summed E-state index contributed by atoms with van der Waals surface area (Å²) < 4.78 is 6.30. The van der Waals surface area contributed by atoms with Crippen LogP contribution in [0.1, 0.15) is 12.7 Å². The summed E-state index contributed by atoms with van der Waals surface area (Å²) in [4.78, 5) is 26.6. The van der Waals surface area contributed by atoms with Crippen molar-refractivity contribution in [2.24, 2.45) is 7.05 Å². The molecule has 18 heavy (non-hydrogen) atoms. The van der Waals surface area contributed by atoms with Crippen LogP contribution in [0.3, 0.4) is 0 Å². The third-order valence-electron chi connectivity index (χ3n) is 2.48. The molecule has 7 nitrogen and oxygen atoms in total. The number of nitrogens with zero attached hydrogens (tertiary/aromatic N) is 2. The number of aromatic nitrogens is 2.